The summed E-state index contributed by atoms with van der Waals surface area (Å²) < 4.78 is 16.4. The molecule has 3 aliphatic rings. The third kappa shape index (κ3) is 10.8. The highest BCUT2D eigenvalue weighted by atomic mass is 16.6. The van der Waals surface area contributed by atoms with Crippen LogP contribution in [0.2, 0.25) is 0 Å². The summed E-state index contributed by atoms with van der Waals surface area (Å²) in [5.74, 6) is -2.08. The Bertz CT molecular complexity index is 1740. The Morgan fingerprint density at radius 1 is 0.964 bits per heavy atom. The molecule has 3 fully saturated rings. The zero-order valence-corrected chi connectivity index (χ0v) is 32.3. The molecule has 300 valence electrons. The lowest BCUT2D eigenvalue weighted by Gasteiger charge is -2.36. The molecular formula is C39H54N6O10. The van der Waals surface area contributed by atoms with Crippen molar-refractivity contribution in [2.75, 3.05) is 52.5 Å². The molecule has 0 spiro atoms. The smallest absolute Gasteiger partial charge is 0.409 e. The molecule has 2 saturated heterocycles. The lowest BCUT2D eigenvalue weighted by molar-refractivity contribution is -0.151. The number of pyridine rings is 1. The minimum atomic E-state index is -1.21. The molecule has 1 saturated carbocycles. The summed E-state index contributed by atoms with van der Waals surface area (Å²) in [6.07, 6.45) is 3.80. The van der Waals surface area contributed by atoms with Crippen LogP contribution in [0.1, 0.15) is 88.2 Å². The van der Waals surface area contributed by atoms with E-state index >= 15 is 0 Å². The minimum Gasteiger partial charge on any atom is -0.483 e. The first kappa shape index (κ1) is 41.2. The molecular weight excluding hydrogens is 712 g/mol. The molecule has 1 aromatic heterocycles. The van der Waals surface area contributed by atoms with E-state index in [-0.39, 0.29) is 88.1 Å². The number of nitrogens with one attached hydrogen (secondary N) is 2. The quantitative estimate of drug-likeness (QED) is 0.225. The van der Waals surface area contributed by atoms with Gasteiger partial charge in [-0.3, -0.25) is 24.0 Å². The van der Waals surface area contributed by atoms with E-state index in [4.69, 9.17) is 14.2 Å². The molecule has 0 bridgehead atoms. The second kappa shape index (κ2) is 18.6. The van der Waals surface area contributed by atoms with Crippen molar-refractivity contribution < 1.29 is 48.1 Å². The number of aliphatic hydroxyl groups is 1. The summed E-state index contributed by atoms with van der Waals surface area (Å²) in [5, 5.41) is 16.6. The number of rotatable bonds is 15. The van der Waals surface area contributed by atoms with Gasteiger partial charge in [0.05, 0.1) is 17.7 Å². The van der Waals surface area contributed by atoms with Gasteiger partial charge in [-0.15, -0.1) is 0 Å². The van der Waals surface area contributed by atoms with Crippen LogP contribution >= 0.6 is 0 Å². The van der Waals surface area contributed by atoms with Crippen LogP contribution in [0.5, 0.6) is 5.75 Å². The average Bonchev–Trinajstić information content (AvgIpc) is 3.66. The number of amides is 5. The van der Waals surface area contributed by atoms with Gasteiger partial charge in [-0.1, -0.05) is 13.0 Å². The van der Waals surface area contributed by atoms with E-state index in [9.17, 15) is 33.9 Å². The van der Waals surface area contributed by atoms with Gasteiger partial charge < -0.3 is 44.7 Å². The van der Waals surface area contributed by atoms with Gasteiger partial charge in [0.25, 0.3) is 11.8 Å². The first-order valence-electron chi connectivity index (χ1n) is 19.3. The number of carbonyl (C=O) groups excluding carboxylic acids is 6. The SMILES string of the molecule is CCOC(=O)N1CCN(C(=O)C(CCC(=O)OC[C@@](C)(O)CC)NC(=O)c2cc(OCC(=O)N3CCC[C@H]3C(=O)NC3CCC3)c3ccc(C)cc3n2)CC1. The van der Waals surface area contributed by atoms with Crippen molar-refractivity contribution in [2.24, 2.45) is 0 Å². The van der Waals surface area contributed by atoms with Gasteiger partial charge in [-0.05, 0) is 83.4 Å². The van der Waals surface area contributed by atoms with E-state index < -0.39 is 41.6 Å². The zero-order chi connectivity index (χ0) is 39.7. The second-order valence-corrected chi connectivity index (χ2v) is 14.8. The van der Waals surface area contributed by atoms with Gasteiger partial charge in [0.1, 0.15) is 30.1 Å². The molecule has 1 unspecified atom stereocenters. The van der Waals surface area contributed by atoms with Gasteiger partial charge in [-0.25, -0.2) is 9.78 Å². The maximum Gasteiger partial charge on any atom is 0.409 e. The van der Waals surface area contributed by atoms with Crippen molar-refractivity contribution in [3.8, 4) is 5.75 Å². The maximum absolute atomic E-state index is 13.9. The lowest BCUT2D eigenvalue weighted by Crippen LogP contribution is -2.56. The van der Waals surface area contributed by atoms with Crippen molar-refractivity contribution in [3.63, 3.8) is 0 Å². The average molecular weight is 767 g/mol. The summed E-state index contributed by atoms with van der Waals surface area (Å²) in [5.41, 5.74) is 0.0137. The first-order valence-corrected chi connectivity index (χ1v) is 19.3. The topological polar surface area (TPSA) is 197 Å². The van der Waals surface area contributed by atoms with Crippen LogP contribution in [0.15, 0.2) is 24.3 Å². The second-order valence-electron chi connectivity index (χ2n) is 14.8. The third-order valence-electron chi connectivity index (χ3n) is 10.5. The number of hydrogen-bond acceptors (Lipinski definition) is 11. The molecule has 3 heterocycles. The number of benzene rings is 1. The highest BCUT2D eigenvalue weighted by Crippen LogP contribution is 2.28. The summed E-state index contributed by atoms with van der Waals surface area (Å²) in [7, 11) is 0. The van der Waals surface area contributed by atoms with Crippen LogP contribution in [0.3, 0.4) is 0 Å². The van der Waals surface area contributed by atoms with Gasteiger partial charge in [0.2, 0.25) is 11.8 Å². The van der Waals surface area contributed by atoms with E-state index in [1.165, 1.54) is 15.9 Å². The van der Waals surface area contributed by atoms with Gasteiger partial charge >= 0.3 is 12.1 Å². The number of likely N-dealkylation sites (tertiary alicyclic amines) is 1. The largest absolute Gasteiger partial charge is 0.483 e. The molecule has 16 heteroatoms. The van der Waals surface area contributed by atoms with Crippen LogP contribution in [0, 0.1) is 6.92 Å². The molecule has 3 N–H and O–H groups in total. The number of aryl methyl sites for hydroxylation is 1. The van der Waals surface area contributed by atoms with Crippen LogP contribution in [-0.2, 0) is 28.7 Å². The molecule has 5 rings (SSSR count). The van der Waals surface area contributed by atoms with Gasteiger partial charge in [-0.2, -0.15) is 0 Å². The molecule has 1 aliphatic carbocycles. The summed E-state index contributed by atoms with van der Waals surface area (Å²) in [6.45, 7) is 7.80. The number of nitrogens with zero attached hydrogens (tertiary/aromatic N) is 4. The Kier molecular flexibility index (Phi) is 13.9. The number of aromatic nitrogens is 1. The number of fused-ring (bicyclic) bond motifs is 1. The number of piperazine rings is 1. The Morgan fingerprint density at radius 3 is 2.36 bits per heavy atom. The Morgan fingerprint density at radius 2 is 1.69 bits per heavy atom. The summed E-state index contributed by atoms with van der Waals surface area (Å²) in [6, 6.07) is 5.25. The lowest BCUT2D eigenvalue weighted by atomic mass is 9.93. The highest BCUT2D eigenvalue weighted by molar-refractivity contribution is 5.99. The Balaban J connectivity index is 1.31. The van der Waals surface area contributed by atoms with E-state index in [0.717, 1.165) is 24.8 Å². The fraction of sp³-hybridized carbons (Fsp3) is 0.615. The van der Waals surface area contributed by atoms with E-state index in [2.05, 4.69) is 15.6 Å². The minimum absolute atomic E-state index is 0.0778. The van der Waals surface area contributed by atoms with Crippen LogP contribution in [-0.4, -0.2) is 137 Å². The van der Waals surface area contributed by atoms with Crippen molar-refractivity contribution in [1.29, 1.82) is 0 Å². The number of hydrogen-bond donors (Lipinski definition) is 3. The molecule has 55 heavy (non-hydrogen) atoms. The fourth-order valence-electron chi connectivity index (χ4n) is 6.66. The standard InChI is InChI=1S/C39H54N6O10/c1-5-39(4,52)24-55-34(47)15-14-28(37(50)43-17-19-44(20-18-43)38(51)53-6-2)42-35(48)30-22-32(27-13-12-25(3)21-29(27)41-30)54-23-33(46)45-16-8-11-31(45)36(49)40-26-9-7-10-26/h12-13,21-22,26,28,31,52H,5-11,14-20,23-24H2,1-4H3,(H,40,49)(H,42,48)/t28?,31-,39-/m0/s1. The maximum atomic E-state index is 13.9. The predicted molar refractivity (Wildman–Crippen MR) is 200 cm³/mol. The fourth-order valence-corrected chi connectivity index (χ4v) is 6.66. The van der Waals surface area contributed by atoms with Crippen molar-refractivity contribution in [1.82, 2.24) is 30.3 Å². The summed E-state index contributed by atoms with van der Waals surface area (Å²) >= 11 is 0. The van der Waals surface area contributed by atoms with Crippen LogP contribution in [0.25, 0.3) is 10.9 Å². The molecule has 2 aliphatic heterocycles. The van der Waals surface area contributed by atoms with Gasteiger partial charge in [0, 0.05) is 56.6 Å². The van der Waals surface area contributed by atoms with E-state index in [1.807, 2.05) is 13.0 Å². The predicted octanol–water partition coefficient (Wildman–Crippen LogP) is 2.47. The molecule has 0 radical (unpaired) electrons. The zero-order valence-electron chi connectivity index (χ0n) is 32.3. The molecule has 16 nitrogen and oxygen atoms in total. The van der Waals surface area contributed by atoms with Gasteiger partial charge in [0.15, 0.2) is 6.61 Å². The van der Waals surface area contributed by atoms with E-state index in [1.54, 1.807) is 37.8 Å². The number of carbonyl (C=O) groups is 6. The van der Waals surface area contributed by atoms with Crippen molar-refractivity contribution >= 4 is 46.6 Å². The molecule has 2 aromatic rings. The normalized spacial score (nSPS) is 18.9. The highest BCUT2D eigenvalue weighted by Gasteiger charge is 2.36. The van der Waals surface area contributed by atoms with Crippen molar-refractivity contribution in [3.05, 3.63) is 35.5 Å². The molecule has 5 amide bonds. The van der Waals surface area contributed by atoms with Crippen molar-refractivity contribution in [2.45, 2.75) is 103 Å². The Labute approximate surface area is 321 Å². The molecule has 1 aromatic carbocycles. The molecule has 3 atom stereocenters. The summed E-state index contributed by atoms with van der Waals surface area (Å²) in [4.78, 5) is 88.3. The Hall–Kier alpha value is -4.99. The first-order chi connectivity index (χ1) is 26.3. The van der Waals surface area contributed by atoms with Crippen LogP contribution in [0.4, 0.5) is 4.79 Å². The third-order valence-corrected chi connectivity index (χ3v) is 10.5. The number of ether oxygens (including phenoxy) is 3. The number of esters is 1. The monoisotopic (exact) mass is 766 g/mol. The van der Waals surface area contributed by atoms with Crippen LogP contribution < -0.4 is 15.4 Å². The van der Waals surface area contributed by atoms with E-state index in [0.29, 0.717) is 36.7 Å².